The monoisotopic (exact) mass is 312 g/mol. The van der Waals surface area contributed by atoms with Crippen molar-refractivity contribution in [2.24, 2.45) is 0 Å². The Labute approximate surface area is 128 Å². The predicted octanol–water partition coefficient (Wildman–Crippen LogP) is 3.08. The Morgan fingerprint density at radius 2 is 1.73 bits per heavy atom. The molecule has 22 heavy (non-hydrogen) atoms. The third kappa shape index (κ3) is 1.79. The van der Waals surface area contributed by atoms with E-state index in [-0.39, 0.29) is 16.7 Å². The standard InChI is InChI=1S/C16H9ClN2O3/c17-9-5-7-10(8-6-9)19-13-14(22-16(19)21)11-3-1-2-4-12(11)18-15(13)20/h1-8H,(H,18,20). The minimum absolute atomic E-state index is 0.186. The van der Waals surface area contributed by atoms with Crippen molar-refractivity contribution in [3.05, 3.63) is 74.5 Å². The first-order valence-corrected chi connectivity index (χ1v) is 6.95. The van der Waals surface area contributed by atoms with E-state index in [1.54, 1.807) is 42.5 Å². The van der Waals surface area contributed by atoms with Crippen LogP contribution in [0.15, 0.2) is 62.5 Å². The predicted molar refractivity (Wildman–Crippen MR) is 84.9 cm³/mol. The molecule has 0 atom stereocenters. The topological polar surface area (TPSA) is 68.0 Å². The summed E-state index contributed by atoms with van der Waals surface area (Å²) in [6.45, 7) is 0. The minimum Gasteiger partial charge on any atom is -0.406 e. The zero-order valence-electron chi connectivity index (χ0n) is 11.2. The van der Waals surface area contributed by atoms with Crippen LogP contribution in [0.1, 0.15) is 0 Å². The van der Waals surface area contributed by atoms with Crippen LogP contribution in [0.3, 0.4) is 0 Å². The summed E-state index contributed by atoms with van der Waals surface area (Å²) in [5, 5.41) is 1.23. The third-order valence-corrected chi connectivity index (χ3v) is 3.78. The van der Waals surface area contributed by atoms with Gasteiger partial charge in [0.1, 0.15) is 0 Å². The van der Waals surface area contributed by atoms with Gasteiger partial charge in [-0.25, -0.2) is 9.36 Å². The molecule has 0 aliphatic heterocycles. The molecule has 4 aromatic rings. The van der Waals surface area contributed by atoms with E-state index in [9.17, 15) is 9.59 Å². The molecule has 4 rings (SSSR count). The summed E-state index contributed by atoms with van der Waals surface area (Å²) in [4.78, 5) is 27.4. The van der Waals surface area contributed by atoms with Gasteiger partial charge in [-0.3, -0.25) is 4.79 Å². The van der Waals surface area contributed by atoms with Crippen molar-refractivity contribution in [3.8, 4) is 5.69 Å². The van der Waals surface area contributed by atoms with Crippen molar-refractivity contribution < 1.29 is 4.42 Å². The third-order valence-electron chi connectivity index (χ3n) is 3.53. The summed E-state index contributed by atoms with van der Waals surface area (Å²) in [5.41, 5.74) is 1.23. The highest BCUT2D eigenvalue weighted by Gasteiger charge is 2.17. The van der Waals surface area contributed by atoms with Crippen LogP contribution in [0, 0.1) is 0 Å². The number of oxazole rings is 1. The molecule has 0 unspecified atom stereocenters. The summed E-state index contributed by atoms with van der Waals surface area (Å²) in [7, 11) is 0. The second kappa shape index (κ2) is 4.61. The van der Waals surface area contributed by atoms with E-state index in [0.29, 0.717) is 21.6 Å². The summed E-state index contributed by atoms with van der Waals surface area (Å²) in [6, 6.07) is 13.8. The van der Waals surface area contributed by atoms with Gasteiger partial charge in [0.25, 0.3) is 5.56 Å². The van der Waals surface area contributed by atoms with Gasteiger partial charge in [0.15, 0.2) is 11.1 Å². The smallest absolute Gasteiger partial charge is 0.406 e. The Kier molecular flexibility index (Phi) is 2.71. The van der Waals surface area contributed by atoms with E-state index >= 15 is 0 Å². The van der Waals surface area contributed by atoms with Gasteiger partial charge < -0.3 is 9.40 Å². The van der Waals surface area contributed by atoms with Crippen LogP contribution in [-0.2, 0) is 0 Å². The summed E-state index contributed by atoms with van der Waals surface area (Å²) < 4.78 is 6.58. The molecule has 0 radical (unpaired) electrons. The van der Waals surface area contributed by atoms with E-state index in [1.807, 2.05) is 6.07 Å². The van der Waals surface area contributed by atoms with E-state index < -0.39 is 5.76 Å². The van der Waals surface area contributed by atoms with Gasteiger partial charge in [0, 0.05) is 10.4 Å². The number of aromatic amines is 1. The molecule has 2 heterocycles. The van der Waals surface area contributed by atoms with Gasteiger partial charge in [-0.1, -0.05) is 23.7 Å². The lowest BCUT2D eigenvalue weighted by molar-refractivity contribution is 0.543. The number of benzene rings is 2. The molecule has 2 aromatic heterocycles. The number of nitrogens with one attached hydrogen (secondary N) is 1. The maximum atomic E-state index is 12.4. The highest BCUT2D eigenvalue weighted by Crippen LogP contribution is 2.22. The number of rotatable bonds is 1. The molecule has 0 fully saturated rings. The largest absolute Gasteiger partial charge is 0.424 e. The number of H-pyrrole nitrogens is 1. The average molecular weight is 313 g/mol. The Balaban J connectivity index is 2.19. The molecule has 0 aliphatic carbocycles. The second-order valence-electron chi connectivity index (χ2n) is 4.86. The number of halogens is 1. The number of nitrogens with zero attached hydrogens (tertiary/aromatic N) is 1. The minimum atomic E-state index is -0.612. The van der Waals surface area contributed by atoms with Gasteiger partial charge >= 0.3 is 5.76 Å². The molecule has 0 bridgehead atoms. The van der Waals surface area contributed by atoms with Crippen molar-refractivity contribution in [3.63, 3.8) is 0 Å². The maximum Gasteiger partial charge on any atom is 0.424 e. The van der Waals surface area contributed by atoms with E-state index in [1.165, 1.54) is 4.57 Å². The lowest BCUT2D eigenvalue weighted by atomic mass is 10.2. The summed E-state index contributed by atoms with van der Waals surface area (Å²) >= 11 is 5.86. The van der Waals surface area contributed by atoms with Crippen LogP contribution < -0.4 is 11.3 Å². The van der Waals surface area contributed by atoms with Crippen LogP contribution in [0.4, 0.5) is 0 Å². The molecular weight excluding hydrogens is 304 g/mol. The Morgan fingerprint density at radius 3 is 2.50 bits per heavy atom. The first-order chi connectivity index (χ1) is 10.6. The first kappa shape index (κ1) is 12.9. The van der Waals surface area contributed by atoms with E-state index in [2.05, 4.69) is 4.98 Å². The molecule has 2 aromatic carbocycles. The van der Waals surface area contributed by atoms with Gasteiger partial charge in [-0.15, -0.1) is 0 Å². The zero-order valence-corrected chi connectivity index (χ0v) is 11.9. The fraction of sp³-hybridized carbons (Fsp3) is 0. The zero-order chi connectivity index (χ0) is 15.3. The Hall–Kier alpha value is -2.79. The summed E-state index contributed by atoms with van der Waals surface area (Å²) in [6.07, 6.45) is 0. The number of hydrogen-bond acceptors (Lipinski definition) is 3. The van der Waals surface area contributed by atoms with Crippen LogP contribution in [0.25, 0.3) is 27.7 Å². The molecule has 0 saturated carbocycles. The highest BCUT2D eigenvalue weighted by molar-refractivity contribution is 6.30. The van der Waals surface area contributed by atoms with Crippen molar-refractivity contribution in [1.29, 1.82) is 0 Å². The average Bonchev–Trinajstić information content (AvgIpc) is 2.86. The fourth-order valence-electron chi connectivity index (χ4n) is 2.56. The lowest BCUT2D eigenvalue weighted by Crippen LogP contribution is -2.17. The number of aromatic nitrogens is 2. The molecule has 108 valence electrons. The Morgan fingerprint density at radius 1 is 1.00 bits per heavy atom. The van der Waals surface area contributed by atoms with Gasteiger partial charge in [0.05, 0.1) is 11.2 Å². The quantitative estimate of drug-likeness (QED) is 0.587. The number of fused-ring (bicyclic) bond motifs is 3. The lowest BCUT2D eigenvalue weighted by Gasteiger charge is -2.02. The molecule has 0 spiro atoms. The number of para-hydroxylation sites is 1. The molecule has 1 N–H and O–H groups in total. The van der Waals surface area contributed by atoms with Crippen molar-refractivity contribution in [2.45, 2.75) is 0 Å². The van der Waals surface area contributed by atoms with Crippen LogP contribution in [-0.4, -0.2) is 9.55 Å². The molecular formula is C16H9ClN2O3. The fourth-order valence-corrected chi connectivity index (χ4v) is 2.68. The molecule has 6 heteroatoms. The summed E-state index contributed by atoms with van der Waals surface area (Å²) in [5.74, 6) is -0.612. The first-order valence-electron chi connectivity index (χ1n) is 6.58. The number of pyridine rings is 1. The molecule has 0 amide bonds. The van der Waals surface area contributed by atoms with Crippen LogP contribution in [0.5, 0.6) is 0 Å². The van der Waals surface area contributed by atoms with Crippen molar-refractivity contribution in [2.75, 3.05) is 0 Å². The van der Waals surface area contributed by atoms with Crippen LogP contribution in [0.2, 0.25) is 5.02 Å². The van der Waals surface area contributed by atoms with Gasteiger partial charge in [-0.05, 0) is 36.4 Å². The highest BCUT2D eigenvalue weighted by atomic mass is 35.5. The Bertz CT molecular complexity index is 1120. The van der Waals surface area contributed by atoms with Gasteiger partial charge in [-0.2, -0.15) is 0 Å². The molecule has 5 nitrogen and oxygen atoms in total. The van der Waals surface area contributed by atoms with E-state index in [4.69, 9.17) is 16.0 Å². The maximum absolute atomic E-state index is 12.4. The normalized spacial score (nSPS) is 11.3. The molecule has 0 saturated heterocycles. The van der Waals surface area contributed by atoms with Gasteiger partial charge in [0.2, 0.25) is 0 Å². The second-order valence-corrected chi connectivity index (χ2v) is 5.29. The van der Waals surface area contributed by atoms with Crippen molar-refractivity contribution >= 4 is 33.6 Å². The molecule has 0 aliphatic rings. The number of hydrogen-bond donors (Lipinski definition) is 1. The van der Waals surface area contributed by atoms with E-state index in [0.717, 1.165) is 0 Å². The van der Waals surface area contributed by atoms with Crippen LogP contribution >= 0.6 is 11.6 Å². The van der Waals surface area contributed by atoms with Crippen molar-refractivity contribution in [1.82, 2.24) is 9.55 Å². The SMILES string of the molecule is O=c1[nH]c2ccccc2c2oc(=O)n(-c3ccc(Cl)cc3)c12.